The molecular weight excluding hydrogens is 183 g/mol. The Labute approximate surface area is 74.7 Å². The van der Waals surface area contributed by atoms with Crippen LogP contribution in [0.25, 0.3) is 0 Å². The third-order valence-electron chi connectivity index (χ3n) is 1.41. The van der Waals surface area contributed by atoms with Crippen LogP contribution in [-0.2, 0) is 0 Å². The molecule has 1 atom stereocenters. The van der Waals surface area contributed by atoms with Crippen LogP contribution in [0.2, 0.25) is 0 Å². The van der Waals surface area contributed by atoms with Crippen molar-refractivity contribution in [2.45, 2.75) is 19.3 Å². The number of alkyl halides is 3. The number of rotatable bonds is 2. The number of halogens is 3. The van der Waals surface area contributed by atoms with Crippen molar-refractivity contribution in [3.63, 3.8) is 0 Å². The molecule has 0 aliphatic carbocycles. The fourth-order valence-corrected chi connectivity index (χ4v) is 0.644. The molecule has 0 saturated carbocycles. The topological polar surface area (TPSA) is 41.6 Å². The van der Waals surface area contributed by atoms with Gasteiger partial charge >= 0.3 is 6.18 Å². The van der Waals surface area contributed by atoms with Gasteiger partial charge in [0.15, 0.2) is 0 Å². The van der Waals surface area contributed by atoms with Crippen LogP contribution in [0.4, 0.5) is 13.2 Å². The first-order chi connectivity index (χ1) is 5.80. The molecule has 0 bridgehead atoms. The van der Waals surface area contributed by atoms with Gasteiger partial charge in [0.25, 0.3) is 0 Å². The smallest absolute Gasteiger partial charge is 0.341 e. The van der Waals surface area contributed by atoms with E-state index in [1.807, 2.05) is 0 Å². The van der Waals surface area contributed by atoms with Crippen LogP contribution in [0.15, 0.2) is 17.8 Å². The second kappa shape index (κ2) is 4.27. The molecule has 0 aromatic rings. The molecule has 0 aliphatic heterocycles. The highest BCUT2D eigenvalue weighted by Gasteiger charge is 2.39. The minimum Gasteiger partial charge on any atom is -0.341 e. The Balaban J connectivity index is 4.83. The molecule has 13 heavy (non-hydrogen) atoms. The normalized spacial score (nSPS) is 15.4. The summed E-state index contributed by atoms with van der Waals surface area (Å²) in [6, 6.07) is 0. The molecule has 0 saturated heterocycles. The lowest BCUT2D eigenvalue weighted by molar-refractivity contribution is -0.0691. The van der Waals surface area contributed by atoms with E-state index in [1.165, 1.54) is 14.0 Å². The maximum absolute atomic E-state index is 12.2. The summed E-state index contributed by atoms with van der Waals surface area (Å²) in [5.41, 5.74) is 5.27. The third-order valence-corrected chi connectivity index (χ3v) is 1.41. The van der Waals surface area contributed by atoms with Crippen molar-refractivity contribution < 1.29 is 13.2 Å². The Morgan fingerprint density at radius 1 is 1.62 bits per heavy atom. The van der Waals surface area contributed by atoms with Crippen molar-refractivity contribution in [2.75, 3.05) is 7.05 Å². The van der Waals surface area contributed by atoms with Gasteiger partial charge in [-0.1, -0.05) is 6.58 Å². The number of aliphatic imine (C=N–C) groups is 1. The molecule has 0 rings (SSSR count). The number of nitrogens with zero attached hydrogens (tertiary/aromatic N) is 2. The van der Waals surface area contributed by atoms with E-state index < -0.39 is 18.2 Å². The summed E-state index contributed by atoms with van der Waals surface area (Å²) >= 11 is 0. The number of hydrogen-bond donors (Lipinski definition) is 1. The van der Waals surface area contributed by atoms with Crippen LogP contribution in [-0.4, -0.2) is 30.1 Å². The molecule has 2 N–H and O–H groups in total. The Kier molecular flexibility index (Phi) is 3.93. The third kappa shape index (κ3) is 3.45. The van der Waals surface area contributed by atoms with Crippen LogP contribution in [0.3, 0.4) is 0 Å². The summed E-state index contributed by atoms with van der Waals surface area (Å²) in [6.45, 7) is 4.54. The van der Waals surface area contributed by atoms with E-state index in [4.69, 9.17) is 5.73 Å². The number of nitrogens with two attached hydrogens (primary N) is 1. The van der Waals surface area contributed by atoms with Gasteiger partial charge in [-0.25, -0.2) is 4.99 Å². The zero-order valence-electron chi connectivity index (χ0n) is 7.47. The van der Waals surface area contributed by atoms with E-state index in [9.17, 15) is 13.2 Å². The minimum absolute atomic E-state index is 0.750. The van der Waals surface area contributed by atoms with E-state index in [1.54, 1.807) is 0 Å². The lowest BCUT2D eigenvalue weighted by Gasteiger charge is -2.25. The van der Waals surface area contributed by atoms with Gasteiger partial charge in [0.2, 0.25) is 5.84 Å². The first-order valence-electron chi connectivity index (χ1n) is 3.55. The molecule has 0 radical (unpaired) electrons. The fourth-order valence-electron chi connectivity index (χ4n) is 0.644. The fraction of sp³-hybridized carbons (Fsp3) is 0.571. The highest BCUT2D eigenvalue weighted by atomic mass is 19.4. The van der Waals surface area contributed by atoms with E-state index in [0.717, 1.165) is 11.1 Å². The average Bonchev–Trinajstić information content (AvgIpc) is 1.96. The molecule has 0 heterocycles. The number of amidine groups is 1. The second-order valence-corrected chi connectivity index (χ2v) is 2.48. The summed E-state index contributed by atoms with van der Waals surface area (Å²) in [7, 11) is 1.22. The van der Waals surface area contributed by atoms with Gasteiger partial charge in [-0.15, -0.1) is 0 Å². The molecule has 0 aromatic carbocycles. The molecule has 0 fully saturated rings. The van der Waals surface area contributed by atoms with Crippen molar-refractivity contribution in [3.8, 4) is 0 Å². The predicted molar refractivity (Wildman–Crippen MR) is 45.1 cm³/mol. The zero-order valence-corrected chi connectivity index (χ0v) is 7.47. The van der Waals surface area contributed by atoms with Crippen LogP contribution >= 0.6 is 0 Å². The van der Waals surface area contributed by atoms with Crippen molar-refractivity contribution in [3.05, 3.63) is 12.8 Å². The Morgan fingerprint density at radius 3 is 2.31 bits per heavy atom. The molecule has 0 spiro atoms. The SMILES string of the molecule is C=C/N=C(\N(C)C(C)N)C(F)(F)F. The molecule has 6 heteroatoms. The zero-order chi connectivity index (χ0) is 10.6. The summed E-state index contributed by atoms with van der Waals surface area (Å²) < 4.78 is 36.7. The van der Waals surface area contributed by atoms with Gasteiger partial charge in [-0.3, -0.25) is 0 Å². The summed E-state index contributed by atoms with van der Waals surface area (Å²) in [5.74, 6) is -1.04. The van der Waals surface area contributed by atoms with Crippen LogP contribution in [0, 0.1) is 0 Å². The largest absolute Gasteiger partial charge is 0.449 e. The van der Waals surface area contributed by atoms with Crippen LogP contribution < -0.4 is 5.73 Å². The highest BCUT2D eigenvalue weighted by molar-refractivity contribution is 5.88. The van der Waals surface area contributed by atoms with Crippen molar-refractivity contribution in [1.29, 1.82) is 0 Å². The summed E-state index contributed by atoms with van der Waals surface area (Å²) in [6.07, 6.45) is -4.42. The van der Waals surface area contributed by atoms with E-state index >= 15 is 0 Å². The van der Waals surface area contributed by atoms with E-state index in [0.29, 0.717) is 0 Å². The van der Waals surface area contributed by atoms with E-state index in [-0.39, 0.29) is 0 Å². The monoisotopic (exact) mass is 195 g/mol. The Morgan fingerprint density at radius 2 is 2.08 bits per heavy atom. The molecule has 0 amide bonds. The van der Waals surface area contributed by atoms with Crippen LogP contribution in [0.1, 0.15) is 6.92 Å². The van der Waals surface area contributed by atoms with Gasteiger partial charge in [-0.05, 0) is 6.92 Å². The molecule has 76 valence electrons. The van der Waals surface area contributed by atoms with Crippen molar-refractivity contribution in [1.82, 2.24) is 4.90 Å². The van der Waals surface area contributed by atoms with Gasteiger partial charge < -0.3 is 10.6 Å². The van der Waals surface area contributed by atoms with Gasteiger partial charge in [0.05, 0.1) is 6.17 Å². The highest BCUT2D eigenvalue weighted by Crippen LogP contribution is 2.19. The molecule has 1 unspecified atom stereocenters. The van der Waals surface area contributed by atoms with Crippen LogP contribution in [0.5, 0.6) is 0 Å². The lowest BCUT2D eigenvalue weighted by atomic mass is 10.4. The molecule has 0 aliphatic rings. The lowest BCUT2D eigenvalue weighted by Crippen LogP contribution is -2.47. The maximum Gasteiger partial charge on any atom is 0.449 e. The van der Waals surface area contributed by atoms with E-state index in [2.05, 4.69) is 11.6 Å². The van der Waals surface area contributed by atoms with Crippen molar-refractivity contribution in [2.24, 2.45) is 10.7 Å². The quantitative estimate of drug-likeness (QED) is 0.410. The predicted octanol–water partition coefficient (Wildman–Crippen LogP) is 1.33. The average molecular weight is 195 g/mol. The van der Waals surface area contributed by atoms with Gasteiger partial charge in [-0.2, -0.15) is 13.2 Å². The summed E-state index contributed by atoms with van der Waals surface area (Å²) in [4.78, 5) is 3.95. The van der Waals surface area contributed by atoms with Gasteiger partial charge in [0, 0.05) is 13.2 Å². The van der Waals surface area contributed by atoms with Gasteiger partial charge in [0.1, 0.15) is 0 Å². The Hall–Kier alpha value is -1.04. The maximum atomic E-state index is 12.2. The minimum atomic E-state index is -4.50. The number of hydrogen-bond acceptors (Lipinski definition) is 2. The standard InChI is InChI=1S/C7H12F3N3/c1-4-12-6(7(8,9)10)13(3)5(2)11/h4-5H,1,11H2,2-3H3/b12-6-. The summed E-state index contributed by atoms with van der Waals surface area (Å²) in [5, 5.41) is 0. The molecular formula is C7H12F3N3. The molecule has 0 aromatic heterocycles. The first kappa shape index (κ1) is 12.0. The van der Waals surface area contributed by atoms with Crippen molar-refractivity contribution >= 4 is 5.84 Å². The first-order valence-corrected chi connectivity index (χ1v) is 3.55. The Bertz CT molecular complexity index is 208. The second-order valence-electron chi connectivity index (χ2n) is 2.48. The molecule has 3 nitrogen and oxygen atoms in total.